The van der Waals surface area contributed by atoms with E-state index in [9.17, 15) is 9.90 Å². The van der Waals surface area contributed by atoms with Gasteiger partial charge in [-0.25, -0.2) is 4.79 Å². The van der Waals surface area contributed by atoms with Crippen LogP contribution in [0.3, 0.4) is 0 Å². The van der Waals surface area contributed by atoms with Crippen LogP contribution in [0, 0.1) is 6.92 Å². The molecule has 0 saturated heterocycles. The van der Waals surface area contributed by atoms with Crippen LogP contribution in [0.25, 0.3) is 21.9 Å². The molecule has 0 amide bonds. The number of anilines is 3. The Hall–Kier alpha value is -4.37. The molecule has 0 fully saturated rings. The smallest absolute Gasteiger partial charge is 0.335 e. The van der Waals surface area contributed by atoms with Gasteiger partial charge in [-0.2, -0.15) is 0 Å². The van der Waals surface area contributed by atoms with E-state index in [0.29, 0.717) is 0 Å². The van der Waals surface area contributed by atoms with E-state index in [2.05, 4.69) is 105 Å². The molecule has 5 aromatic rings. The minimum atomic E-state index is -0.934. The molecule has 3 nitrogen and oxygen atoms in total. The van der Waals surface area contributed by atoms with Gasteiger partial charge in [-0.3, -0.25) is 0 Å². The highest BCUT2D eigenvalue weighted by Gasteiger charge is 2.35. The molecule has 0 radical (unpaired) electrons. The van der Waals surface area contributed by atoms with Crippen molar-refractivity contribution in [3.8, 4) is 11.1 Å². The van der Waals surface area contributed by atoms with Crippen LogP contribution in [0.1, 0.15) is 40.9 Å². The summed E-state index contributed by atoms with van der Waals surface area (Å²) in [6.07, 6.45) is 0. The van der Waals surface area contributed by atoms with Gasteiger partial charge >= 0.3 is 5.97 Å². The molecule has 0 unspecified atom stereocenters. The van der Waals surface area contributed by atoms with Crippen LogP contribution in [0.2, 0.25) is 0 Å². The zero-order valence-corrected chi connectivity index (χ0v) is 20.6. The van der Waals surface area contributed by atoms with Crippen LogP contribution in [-0.4, -0.2) is 11.1 Å². The third kappa shape index (κ3) is 3.31. The van der Waals surface area contributed by atoms with Crippen LogP contribution in [-0.2, 0) is 5.41 Å². The van der Waals surface area contributed by atoms with Crippen molar-refractivity contribution in [1.82, 2.24) is 0 Å². The molecule has 3 heteroatoms. The van der Waals surface area contributed by atoms with Crippen molar-refractivity contribution in [2.24, 2.45) is 0 Å². The molecule has 1 aliphatic carbocycles. The highest BCUT2D eigenvalue weighted by atomic mass is 16.4. The molecule has 0 atom stereocenters. The van der Waals surface area contributed by atoms with Gasteiger partial charge in [0, 0.05) is 22.2 Å². The lowest BCUT2D eigenvalue weighted by Crippen LogP contribution is -2.17. The van der Waals surface area contributed by atoms with Crippen molar-refractivity contribution in [2.45, 2.75) is 26.2 Å². The third-order valence-corrected chi connectivity index (χ3v) is 7.54. The lowest BCUT2D eigenvalue weighted by molar-refractivity contribution is 0.0697. The summed E-state index contributed by atoms with van der Waals surface area (Å²) in [6, 6.07) is 35.1. The van der Waals surface area contributed by atoms with Gasteiger partial charge in [-0.15, -0.1) is 0 Å². The number of carboxylic acids is 1. The number of rotatable bonds is 4. The van der Waals surface area contributed by atoms with Gasteiger partial charge in [0.05, 0.1) is 11.3 Å². The van der Waals surface area contributed by atoms with E-state index in [-0.39, 0.29) is 11.0 Å². The first-order valence-corrected chi connectivity index (χ1v) is 12.2. The van der Waals surface area contributed by atoms with E-state index in [1.165, 1.54) is 33.2 Å². The highest BCUT2D eigenvalue weighted by Crippen LogP contribution is 2.51. The molecule has 1 N–H and O–H groups in total. The Morgan fingerprint density at radius 1 is 0.694 bits per heavy atom. The second-order valence-electron chi connectivity index (χ2n) is 10.0. The van der Waals surface area contributed by atoms with E-state index in [1.807, 2.05) is 12.1 Å². The van der Waals surface area contributed by atoms with E-state index >= 15 is 0 Å². The topological polar surface area (TPSA) is 40.5 Å². The molecule has 0 saturated carbocycles. The SMILES string of the molecule is Cc1ccc(N(c2cccc(C(=O)O)c2)c2ccc3c(c2)C(C)(C)c2ccccc2-3)c2ccccc12. The summed E-state index contributed by atoms with van der Waals surface area (Å²) < 4.78 is 0. The summed E-state index contributed by atoms with van der Waals surface area (Å²) in [4.78, 5) is 14.0. The molecular weight excluding hydrogens is 442 g/mol. The Morgan fingerprint density at radius 2 is 1.39 bits per heavy atom. The average Bonchev–Trinajstić information content (AvgIpc) is 3.12. The lowest BCUT2D eigenvalue weighted by atomic mass is 9.82. The van der Waals surface area contributed by atoms with Gasteiger partial charge in [0.2, 0.25) is 0 Å². The number of fused-ring (bicyclic) bond motifs is 4. The summed E-state index contributed by atoms with van der Waals surface area (Å²) in [5.41, 5.74) is 9.33. The van der Waals surface area contributed by atoms with Crippen molar-refractivity contribution in [3.05, 3.63) is 125 Å². The third-order valence-electron chi connectivity index (χ3n) is 7.54. The maximum atomic E-state index is 11.9. The molecule has 0 heterocycles. The molecule has 0 spiro atoms. The Labute approximate surface area is 211 Å². The lowest BCUT2D eigenvalue weighted by Gasteiger charge is -2.29. The van der Waals surface area contributed by atoms with Gasteiger partial charge in [-0.05, 0) is 76.5 Å². The van der Waals surface area contributed by atoms with Gasteiger partial charge in [0.15, 0.2) is 0 Å². The van der Waals surface area contributed by atoms with Gasteiger partial charge in [-0.1, -0.05) is 80.6 Å². The van der Waals surface area contributed by atoms with E-state index < -0.39 is 5.97 Å². The Bertz CT molecular complexity index is 1660. The molecular formula is C33H27NO2. The molecule has 6 rings (SSSR count). The predicted molar refractivity (Wildman–Crippen MR) is 148 cm³/mol. The minimum absolute atomic E-state index is 0.133. The van der Waals surface area contributed by atoms with Crippen molar-refractivity contribution >= 4 is 33.8 Å². The van der Waals surface area contributed by atoms with E-state index in [0.717, 1.165) is 22.4 Å². The number of aryl methyl sites for hydroxylation is 1. The van der Waals surface area contributed by atoms with Gasteiger partial charge in [0.25, 0.3) is 0 Å². The van der Waals surface area contributed by atoms with E-state index in [1.54, 1.807) is 12.1 Å². The zero-order valence-electron chi connectivity index (χ0n) is 20.6. The number of nitrogens with zero attached hydrogens (tertiary/aromatic N) is 1. The largest absolute Gasteiger partial charge is 0.478 e. The number of hydrogen-bond donors (Lipinski definition) is 1. The normalized spacial score (nSPS) is 13.3. The van der Waals surface area contributed by atoms with Crippen molar-refractivity contribution < 1.29 is 9.90 Å². The monoisotopic (exact) mass is 469 g/mol. The predicted octanol–water partition coefficient (Wildman–Crippen LogP) is 8.62. The van der Waals surface area contributed by atoms with Crippen LogP contribution in [0.5, 0.6) is 0 Å². The van der Waals surface area contributed by atoms with Crippen LogP contribution >= 0.6 is 0 Å². The summed E-state index contributed by atoms with van der Waals surface area (Å²) in [5.74, 6) is -0.934. The van der Waals surface area contributed by atoms with Gasteiger partial charge in [0.1, 0.15) is 0 Å². The summed E-state index contributed by atoms with van der Waals surface area (Å²) in [7, 11) is 0. The number of hydrogen-bond acceptors (Lipinski definition) is 2. The zero-order chi connectivity index (χ0) is 25.0. The van der Waals surface area contributed by atoms with Crippen LogP contribution in [0.4, 0.5) is 17.1 Å². The second kappa shape index (κ2) is 8.10. The number of benzene rings is 5. The fraction of sp³-hybridized carbons (Fsp3) is 0.121. The number of aromatic carboxylic acids is 1. The summed E-state index contributed by atoms with van der Waals surface area (Å²) >= 11 is 0. The fourth-order valence-corrected chi connectivity index (χ4v) is 5.67. The molecule has 0 bridgehead atoms. The maximum absolute atomic E-state index is 11.9. The first kappa shape index (κ1) is 22.1. The van der Waals surface area contributed by atoms with Gasteiger partial charge < -0.3 is 10.0 Å². The first-order chi connectivity index (χ1) is 17.4. The quantitative estimate of drug-likeness (QED) is 0.286. The molecule has 0 aromatic heterocycles. The fourth-order valence-electron chi connectivity index (χ4n) is 5.67. The summed E-state index contributed by atoms with van der Waals surface area (Å²) in [6.45, 7) is 6.67. The van der Waals surface area contributed by atoms with Crippen LogP contribution in [0.15, 0.2) is 103 Å². The molecule has 5 aromatic carbocycles. The van der Waals surface area contributed by atoms with Crippen molar-refractivity contribution in [3.63, 3.8) is 0 Å². The standard InChI is InChI=1S/C33H27NO2/c1-21-15-18-31(28-13-5-4-11-25(21)28)34(23-10-8-9-22(19-23)32(35)36)24-16-17-27-26-12-6-7-14-29(26)33(2,3)30(27)20-24/h4-20H,1-3H3,(H,35,36). The second-order valence-corrected chi connectivity index (χ2v) is 10.0. The molecule has 1 aliphatic rings. The first-order valence-electron chi connectivity index (χ1n) is 12.2. The van der Waals surface area contributed by atoms with E-state index in [4.69, 9.17) is 0 Å². The Morgan fingerprint density at radius 3 is 2.19 bits per heavy atom. The summed E-state index contributed by atoms with van der Waals surface area (Å²) in [5, 5.41) is 12.0. The number of carboxylic acid groups (broad SMARTS) is 1. The Balaban J connectivity index is 1.62. The van der Waals surface area contributed by atoms with Crippen molar-refractivity contribution in [1.29, 1.82) is 0 Å². The molecule has 176 valence electrons. The molecule has 36 heavy (non-hydrogen) atoms. The van der Waals surface area contributed by atoms with Crippen LogP contribution < -0.4 is 4.90 Å². The highest BCUT2D eigenvalue weighted by molar-refractivity contribution is 6.01. The maximum Gasteiger partial charge on any atom is 0.335 e. The Kier molecular flexibility index (Phi) is 4.97. The van der Waals surface area contributed by atoms with Crippen molar-refractivity contribution in [2.75, 3.05) is 4.90 Å². The molecule has 0 aliphatic heterocycles. The minimum Gasteiger partial charge on any atom is -0.478 e. The number of carbonyl (C=O) groups is 1. The average molecular weight is 470 g/mol.